The molecule has 22 heavy (non-hydrogen) atoms. The van der Waals surface area contributed by atoms with Gasteiger partial charge in [-0.3, -0.25) is 9.78 Å². The number of nitrogens with one attached hydrogen (secondary N) is 1. The number of furan rings is 1. The zero-order valence-corrected chi connectivity index (χ0v) is 11.8. The van der Waals surface area contributed by atoms with E-state index in [1.54, 1.807) is 12.3 Å². The zero-order chi connectivity index (χ0) is 15.2. The molecule has 0 saturated heterocycles. The van der Waals surface area contributed by atoms with Gasteiger partial charge < -0.3 is 9.73 Å². The number of rotatable bonds is 4. The van der Waals surface area contributed by atoms with Gasteiger partial charge in [-0.15, -0.1) is 0 Å². The van der Waals surface area contributed by atoms with Crippen LogP contribution in [0, 0.1) is 0 Å². The second kappa shape index (κ2) is 6.54. The highest BCUT2D eigenvalue weighted by Crippen LogP contribution is 2.14. The Morgan fingerprint density at radius 3 is 2.82 bits per heavy atom. The molecule has 0 aliphatic rings. The maximum atomic E-state index is 12.0. The van der Waals surface area contributed by atoms with Crippen LogP contribution in [0.3, 0.4) is 0 Å². The van der Waals surface area contributed by atoms with Crippen molar-refractivity contribution < 1.29 is 9.21 Å². The molecule has 4 nitrogen and oxygen atoms in total. The number of nitrogens with zero attached hydrogens (tertiary/aromatic N) is 1. The van der Waals surface area contributed by atoms with Crippen molar-refractivity contribution in [3.63, 3.8) is 0 Å². The zero-order valence-electron chi connectivity index (χ0n) is 11.8. The number of carbonyl (C=O) groups excluding carboxylic acids is 1. The molecule has 1 amide bonds. The van der Waals surface area contributed by atoms with Crippen molar-refractivity contribution in [1.82, 2.24) is 4.98 Å². The van der Waals surface area contributed by atoms with E-state index >= 15 is 0 Å². The summed E-state index contributed by atoms with van der Waals surface area (Å²) in [5.74, 6) is -0.195. The molecule has 2 heterocycles. The molecule has 0 atom stereocenters. The highest BCUT2D eigenvalue weighted by atomic mass is 16.3. The van der Waals surface area contributed by atoms with Crippen LogP contribution in [-0.2, 0) is 0 Å². The molecule has 1 aromatic carbocycles. The molecule has 2 aromatic heterocycles. The van der Waals surface area contributed by atoms with Crippen LogP contribution in [0.2, 0.25) is 0 Å². The van der Waals surface area contributed by atoms with E-state index in [0.717, 1.165) is 16.9 Å². The van der Waals surface area contributed by atoms with Crippen LogP contribution in [0.25, 0.3) is 12.2 Å². The molecule has 3 aromatic rings. The minimum absolute atomic E-state index is 0.195. The highest BCUT2D eigenvalue weighted by Gasteiger charge is 2.06. The summed E-state index contributed by atoms with van der Waals surface area (Å²) in [6.45, 7) is 0. The summed E-state index contributed by atoms with van der Waals surface area (Å²) in [7, 11) is 0. The molecule has 4 heteroatoms. The van der Waals surface area contributed by atoms with Crippen LogP contribution in [0.1, 0.15) is 21.6 Å². The first-order valence-corrected chi connectivity index (χ1v) is 6.84. The number of amides is 1. The van der Waals surface area contributed by atoms with E-state index in [0.29, 0.717) is 5.56 Å². The number of anilines is 1. The van der Waals surface area contributed by atoms with Gasteiger partial charge in [0, 0.05) is 11.9 Å². The number of aromatic nitrogens is 1. The van der Waals surface area contributed by atoms with Gasteiger partial charge in [-0.2, -0.15) is 0 Å². The van der Waals surface area contributed by atoms with Gasteiger partial charge in [0.1, 0.15) is 6.26 Å². The Morgan fingerprint density at radius 1 is 1.09 bits per heavy atom. The Balaban J connectivity index is 1.73. The van der Waals surface area contributed by atoms with Crippen molar-refractivity contribution in [3.8, 4) is 0 Å². The first-order valence-electron chi connectivity index (χ1n) is 6.84. The highest BCUT2D eigenvalue weighted by molar-refractivity contribution is 6.04. The molecule has 0 spiro atoms. The van der Waals surface area contributed by atoms with Crippen molar-refractivity contribution in [3.05, 3.63) is 84.1 Å². The largest absolute Gasteiger partial charge is 0.472 e. The third kappa shape index (κ3) is 3.49. The summed E-state index contributed by atoms with van der Waals surface area (Å²) in [6, 6.07) is 15.0. The second-order valence-corrected chi connectivity index (χ2v) is 4.68. The molecule has 3 rings (SSSR count). The molecule has 0 unspecified atom stereocenters. The summed E-state index contributed by atoms with van der Waals surface area (Å²) in [5.41, 5.74) is 3.09. The fourth-order valence-electron chi connectivity index (χ4n) is 1.97. The number of carbonyl (C=O) groups is 1. The standard InChI is InChI=1S/C18H14N2O2/c21-18(15-9-11-22-13-15)20-17-6-3-4-14(12-17)7-8-16-5-1-2-10-19-16/h1-13H,(H,20,21)/b8-7+. The lowest BCUT2D eigenvalue weighted by molar-refractivity contribution is 0.102. The van der Waals surface area contributed by atoms with Crippen LogP contribution < -0.4 is 5.32 Å². The lowest BCUT2D eigenvalue weighted by Gasteiger charge is -2.04. The fourth-order valence-corrected chi connectivity index (χ4v) is 1.97. The van der Waals surface area contributed by atoms with E-state index in [1.807, 2.05) is 54.6 Å². The predicted octanol–water partition coefficient (Wildman–Crippen LogP) is 4.10. The number of pyridine rings is 1. The third-order valence-corrected chi connectivity index (χ3v) is 3.06. The maximum Gasteiger partial charge on any atom is 0.258 e. The average molecular weight is 290 g/mol. The van der Waals surface area contributed by atoms with Crippen LogP contribution in [0.15, 0.2) is 71.7 Å². The van der Waals surface area contributed by atoms with Crippen LogP contribution in [-0.4, -0.2) is 10.9 Å². The van der Waals surface area contributed by atoms with Crippen molar-refractivity contribution in [2.45, 2.75) is 0 Å². The van der Waals surface area contributed by atoms with Gasteiger partial charge >= 0.3 is 0 Å². The normalized spacial score (nSPS) is 10.7. The smallest absolute Gasteiger partial charge is 0.258 e. The molecule has 0 radical (unpaired) electrons. The summed E-state index contributed by atoms with van der Waals surface area (Å²) in [6.07, 6.45) is 8.52. The summed E-state index contributed by atoms with van der Waals surface area (Å²) < 4.78 is 4.91. The Bertz CT molecular complexity index is 778. The molecular weight excluding hydrogens is 276 g/mol. The first kappa shape index (κ1) is 13.8. The minimum atomic E-state index is -0.195. The molecule has 108 valence electrons. The van der Waals surface area contributed by atoms with Crippen LogP contribution >= 0.6 is 0 Å². The van der Waals surface area contributed by atoms with E-state index in [1.165, 1.54) is 12.5 Å². The molecule has 0 bridgehead atoms. The van der Waals surface area contributed by atoms with Crippen molar-refractivity contribution >= 4 is 23.7 Å². The van der Waals surface area contributed by atoms with Gasteiger partial charge in [-0.1, -0.05) is 24.3 Å². The summed E-state index contributed by atoms with van der Waals surface area (Å²) in [5, 5.41) is 2.83. The molecule has 0 aliphatic heterocycles. The summed E-state index contributed by atoms with van der Waals surface area (Å²) in [4.78, 5) is 16.2. The Morgan fingerprint density at radius 2 is 2.05 bits per heavy atom. The molecule has 1 N–H and O–H groups in total. The van der Waals surface area contributed by atoms with Crippen LogP contribution in [0.4, 0.5) is 5.69 Å². The van der Waals surface area contributed by atoms with Gasteiger partial charge in [0.05, 0.1) is 17.5 Å². The van der Waals surface area contributed by atoms with Gasteiger partial charge in [-0.05, 0) is 42.0 Å². The van der Waals surface area contributed by atoms with Gasteiger partial charge in [-0.25, -0.2) is 0 Å². The van der Waals surface area contributed by atoms with Crippen molar-refractivity contribution in [2.75, 3.05) is 5.32 Å². The maximum absolute atomic E-state index is 12.0. The Hall–Kier alpha value is -3.14. The van der Waals surface area contributed by atoms with Gasteiger partial charge in [0.2, 0.25) is 0 Å². The predicted molar refractivity (Wildman–Crippen MR) is 86.3 cm³/mol. The number of hydrogen-bond acceptors (Lipinski definition) is 3. The molecule has 0 fully saturated rings. The van der Waals surface area contributed by atoms with Crippen LogP contribution in [0.5, 0.6) is 0 Å². The monoisotopic (exact) mass is 290 g/mol. The lowest BCUT2D eigenvalue weighted by Crippen LogP contribution is -2.10. The third-order valence-electron chi connectivity index (χ3n) is 3.06. The second-order valence-electron chi connectivity index (χ2n) is 4.68. The van der Waals surface area contributed by atoms with Gasteiger partial charge in [0.15, 0.2) is 0 Å². The van der Waals surface area contributed by atoms with Gasteiger partial charge in [0.25, 0.3) is 5.91 Å². The number of benzene rings is 1. The van der Waals surface area contributed by atoms with E-state index in [9.17, 15) is 4.79 Å². The number of hydrogen-bond donors (Lipinski definition) is 1. The lowest BCUT2D eigenvalue weighted by atomic mass is 10.1. The van der Waals surface area contributed by atoms with E-state index in [2.05, 4.69) is 10.3 Å². The Labute approximate surface area is 128 Å². The molecule has 0 aliphatic carbocycles. The average Bonchev–Trinajstić information content (AvgIpc) is 3.09. The topological polar surface area (TPSA) is 55.1 Å². The van der Waals surface area contributed by atoms with E-state index in [-0.39, 0.29) is 5.91 Å². The minimum Gasteiger partial charge on any atom is -0.472 e. The Kier molecular flexibility index (Phi) is 4.11. The van der Waals surface area contributed by atoms with Crippen molar-refractivity contribution in [1.29, 1.82) is 0 Å². The SMILES string of the molecule is O=C(Nc1cccc(/C=C/c2ccccn2)c1)c1ccoc1. The first-order chi connectivity index (χ1) is 10.8. The quantitative estimate of drug-likeness (QED) is 0.787. The van der Waals surface area contributed by atoms with Crippen molar-refractivity contribution in [2.24, 2.45) is 0 Å². The molecule has 0 saturated carbocycles. The molecular formula is C18H14N2O2. The fraction of sp³-hybridized carbons (Fsp3) is 0. The van der Waals surface area contributed by atoms with E-state index in [4.69, 9.17) is 4.42 Å². The van der Waals surface area contributed by atoms with E-state index < -0.39 is 0 Å². The summed E-state index contributed by atoms with van der Waals surface area (Å²) >= 11 is 0.